The minimum atomic E-state index is 0.463. The predicted molar refractivity (Wildman–Crippen MR) is 87.5 cm³/mol. The van der Waals surface area contributed by atoms with Crippen LogP contribution in [0.5, 0.6) is 0 Å². The molecule has 0 spiro atoms. The Hall–Kier alpha value is -0.510. The Kier molecular flexibility index (Phi) is 6.91. The highest BCUT2D eigenvalue weighted by Gasteiger charge is 2.18. The lowest BCUT2D eigenvalue weighted by molar-refractivity contribution is 0.0996. The van der Waals surface area contributed by atoms with Crippen molar-refractivity contribution in [1.29, 1.82) is 0 Å². The van der Waals surface area contributed by atoms with E-state index >= 15 is 0 Å². The van der Waals surface area contributed by atoms with Gasteiger partial charge in [-0.05, 0) is 55.7 Å². The van der Waals surface area contributed by atoms with E-state index in [1.807, 2.05) is 11.8 Å². The summed E-state index contributed by atoms with van der Waals surface area (Å²) in [6.45, 7) is 6.35. The normalized spacial score (nSPS) is 20.2. The number of hydrogen-bond donors (Lipinski definition) is 1. The molecular weight excluding hydrogens is 266 g/mol. The largest absolute Gasteiger partial charge is 0.378 e. The fraction of sp³-hybridized carbons (Fsp3) is 0.647. The molecular formula is C17H27NOS. The van der Waals surface area contributed by atoms with Crippen molar-refractivity contribution in [2.45, 2.75) is 56.6 Å². The maximum Gasteiger partial charge on any atom is 0.0576 e. The first-order valence-electron chi connectivity index (χ1n) is 7.91. The van der Waals surface area contributed by atoms with Crippen LogP contribution in [-0.4, -0.2) is 25.0 Å². The van der Waals surface area contributed by atoms with Crippen LogP contribution >= 0.6 is 11.8 Å². The number of rotatable bonds is 8. The summed E-state index contributed by atoms with van der Waals surface area (Å²) in [7, 11) is 0. The molecule has 3 heteroatoms. The van der Waals surface area contributed by atoms with E-state index in [9.17, 15) is 0 Å². The van der Waals surface area contributed by atoms with Gasteiger partial charge in [-0.25, -0.2) is 0 Å². The van der Waals surface area contributed by atoms with Crippen LogP contribution in [0.25, 0.3) is 0 Å². The van der Waals surface area contributed by atoms with Crippen LogP contribution in [0.1, 0.15) is 51.1 Å². The van der Waals surface area contributed by atoms with Gasteiger partial charge in [0.05, 0.1) is 6.10 Å². The standard InChI is InChI=1S/C17H27NOS/c1-3-18-17(12-9-15-6-5-13-19-15)14-7-10-16(11-8-14)20-4-2/h7-8,10-11,15,17-18H,3-6,9,12-13H2,1-2H3. The van der Waals surface area contributed by atoms with Gasteiger partial charge in [0.25, 0.3) is 0 Å². The van der Waals surface area contributed by atoms with E-state index in [1.165, 1.54) is 36.1 Å². The molecule has 0 aliphatic carbocycles. The molecule has 112 valence electrons. The Morgan fingerprint density at radius 1 is 1.30 bits per heavy atom. The fourth-order valence-corrected chi connectivity index (χ4v) is 3.48. The van der Waals surface area contributed by atoms with Crippen LogP contribution in [0, 0.1) is 0 Å². The third kappa shape index (κ3) is 4.80. The van der Waals surface area contributed by atoms with Crippen LogP contribution < -0.4 is 5.32 Å². The number of thioether (sulfide) groups is 1. The van der Waals surface area contributed by atoms with Crippen LogP contribution in [0.3, 0.4) is 0 Å². The molecule has 2 unspecified atom stereocenters. The molecule has 0 saturated carbocycles. The zero-order chi connectivity index (χ0) is 14.2. The van der Waals surface area contributed by atoms with Crippen molar-refractivity contribution in [2.24, 2.45) is 0 Å². The highest BCUT2D eigenvalue weighted by Crippen LogP contribution is 2.26. The molecule has 1 N–H and O–H groups in total. The molecule has 1 saturated heterocycles. The van der Waals surface area contributed by atoms with Crippen molar-refractivity contribution in [2.75, 3.05) is 18.9 Å². The number of benzene rings is 1. The van der Waals surface area contributed by atoms with E-state index in [-0.39, 0.29) is 0 Å². The highest BCUT2D eigenvalue weighted by molar-refractivity contribution is 7.99. The molecule has 1 heterocycles. The number of ether oxygens (including phenoxy) is 1. The molecule has 2 atom stereocenters. The topological polar surface area (TPSA) is 21.3 Å². The van der Waals surface area contributed by atoms with Crippen LogP contribution in [-0.2, 0) is 4.74 Å². The van der Waals surface area contributed by atoms with Crippen molar-refractivity contribution in [3.8, 4) is 0 Å². The van der Waals surface area contributed by atoms with Gasteiger partial charge in [0.2, 0.25) is 0 Å². The average Bonchev–Trinajstić information content (AvgIpc) is 2.98. The van der Waals surface area contributed by atoms with E-state index in [0.29, 0.717) is 12.1 Å². The second-order valence-corrected chi connectivity index (χ2v) is 6.66. The zero-order valence-corrected chi connectivity index (χ0v) is 13.5. The van der Waals surface area contributed by atoms with E-state index in [4.69, 9.17) is 4.74 Å². The van der Waals surface area contributed by atoms with Gasteiger partial charge < -0.3 is 10.1 Å². The maximum absolute atomic E-state index is 5.74. The Morgan fingerprint density at radius 3 is 2.70 bits per heavy atom. The van der Waals surface area contributed by atoms with Crippen molar-refractivity contribution < 1.29 is 4.74 Å². The zero-order valence-electron chi connectivity index (χ0n) is 12.7. The quantitative estimate of drug-likeness (QED) is 0.717. The fourth-order valence-electron chi connectivity index (χ4n) is 2.82. The molecule has 2 nitrogen and oxygen atoms in total. The average molecular weight is 293 g/mol. The Bertz CT molecular complexity index is 373. The summed E-state index contributed by atoms with van der Waals surface area (Å²) in [5.74, 6) is 1.13. The summed E-state index contributed by atoms with van der Waals surface area (Å²) in [6, 6.07) is 9.52. The molecule has 1 aliphatic heterocycles. The van der Waals surface area contributed by atoms with Gasteiger partial charge in [-0.15, -0.1) is 11.8 Å². The molecule has 20 heavy (non-hydrogen) atoms. The lowest BCUT2D eigenvalue weighted by atomic mass is 9.99. The van der Waals surface area contributed by atoms with Gasteiger partial charge in [0.1, 0.15) is 0 Å². The molecule has 1 aromatic rings. The van der Waals surface area contributed by atoms with Gasteiger partial charge in [0.15, 0.2) is 0 Å². The smallest absolute Gasteiger partial charge is 0.0576 e. The molecule has 0 amide bonds. The molecule has 0 radical (unpaired) electrons. The minimum absolute atomic E-state index is 0.463. The van der Waals surface area contributed by atoms with Gasteiger partial charge >= 0.3 is 0 Å². The second kappa shape index (κ2) is 8.71. The summed E-state index contributed by atoms with van der Waals surface area (Å²) in [4.78, 5) is 1.37. The van der Waals surface area contributed by atoms with E-state index in [0.717, 1.165) is 18.9 Å². The van der Waals surface area contributed by atoms with Crippen LogP contribution in [0.4, 0.5) is 0 Å². The van der Waals surface area contributed by atoms with E-state index in [1.54, 1.807) is 0 Å². The van der Waals surface area contributed by atoms with E-state index in [2.05, 4.69) is 43.4 Å². The third-order valence-electron chi connectivity index (χ3n) is 3.85. The summed E-state index contributed by atoms with van der Waals surface area (Å²) in [6.07, 6.45) is 5.30. The molecule has 0 aromatic heterocycles. The van der Waals surface area contributed by atoms with Gasteiger partial charge in [-0.2, -0.15) is 0 Å². The summed E-state index contributed by atoms with van der Waals surface area (Å²) < 4.78 is 5.74. The van der Waals surface area contributed by atoms with Crippen molar-refractivity contribution >= 4 is 11.8 Å². The van der Waals surface area contributed by atoms with Crippen molar-refractivity contribution in [3.05, 3.63) is 29.8 Å². The Labute approximate surface area is 127 Å². The first kappa shape index (κ1) is 15.9. The minimum Gasteiger partial charge on any atom is -0.378 e. The Balaban J connectivity index is 1.91. The van der Waals surface area contributed by atoms with E-state index < -0.39 is 0 Å². The van der Waals surface area contributed by atoms with Gasteiger partial charge in [-0.3, -0.25) is 0 Å². The molecule has 1 aliphatic rings. The summed E-state index contributed by atoms with van der Waals surface area (Å²) in [5.41, 5.74) is 1.41. The first-order valence-corrected chi connectivity index (χ1v) is 8.89. The Morgan fingerprint density at radius 2 is 2.10 bits per heavy atom. The van der Waals surface area contributed by atoms with Gasteiger partial charge in [-0.1, -0.05) is 26.0 Å². The third-order valence-corrected chi connectivity index (χ3v) is 4.74. The SMILES string of the molecule is CCNC(CCC1CCCO1)c1ccc(SCC)cc1. The molecule has 1 fully saturated rings. The first-order chi connectivity index (χ1) is 9.83. The van der Waals surface area contributed by atoms with Crippen molar-refractivity contribution in [1.82, 2.24) is 5.32 Å². The molecule has 1 aromatic carbocycles. The molecule has 0 bridgehead atoms. The van der Waals surface area contributed by atoms with Crippen LogP contribution in [0.2, 0.25) is 0 Å². The lowest BCUT2D eigenvalue weighted by Crippen LogP contribution is -2.22. The molecule has 2 rings (SSSR count). The maximum atomic E-state index is 5.74. The monoisotopic (exact) mass is 293 g/mol. The second-order valence-electron chi connectivity index (χ2n) is 5.32. The highest BCUT2D eigenvalue weighted by atomic mass is 32.2. The predicted octanol–water partition coefficient (Wildman–Crippen LogP) is 4.41. The van der Waals surface area contributed by atoms with Gasteiger partial charge in [0, 0.05) is 17.5 Å². The summed E-state index contributed by atoms with van der Waals surface area (Å²) in [5, 5.41) is 3.61. The summed E-state index contributed by atoms with van der Waals surface area (Å²) >= 11 is 1.90. The number of nitrogens with one attached hydrogen (secondary N) is 1. The van der Waals surface area contributed by atoms with Crippen molar-refractivity contribution in [3.63, 3.8) is 0 Å². The lowest BCUT2D eigenvalue weighted by Gasteiger charge is -2.20. The van der Waals surface area contributed by atoms with Crippen LogP contribution in [0.15, 0.2) is 29.2 Å². The number of hydrogen-bond acceptors (Lipinski definition) is 3.